The van der Waals surface area contributed by atoms with E-state index in [0.717, 1.165) is 0 Å². The van der Waals surface area contributed by atoms with Gasteiger partial charge in [0.15, 0.2) is 0 Å². The second-order valence-corrected chi connectivity index (χ2v) is 3.20. The number of hydrogen-bond donors (Lipinski definition) is 3. The van der Waals surface area contributed by atoms with Crippen molar-refractivity contribution in [2.24, 2.45) is 0 Å². The van der Waals surface area contributed by atoms with E-state index in [4.69, 9.17) is 10.2 Å². The van der Waals surface area contributed by atoms with E-state index < -0.39 is 0 Å². The Hall–Kier alpha value is -1.22. The first kappa shape index (κ1) is 9.86. The Kier molecular flexibility index (Phi) is 3.14. The summed E-state index contributed by atoms with van der Waals surface area (Å²) in [7, 11) is 0. The van der Waals surface area contributed by atoms with Gasteiger partial charge in [-0.15, -0.1) is 0 Å². The van der Waals surface area contributed by atoms with E-state index in [-0.39, 0.29) is 17.6 Å². The Morgan fingerprint density at radius 1 is 1.31 bits per heavy atom. The zero-order chi connectivity index (χ0) is 9.84. The molecule has 0 heterocycles. The number of aliphatic hydroxyl groups excluding tert-OH is 1. The van der Waals surface area contributed by atoms with Crippen molar-refractivity contribution in [2.45, 2.75) is 25.9 Å². The van der Waals surface area contributed by atoms with Crippen LogP contribution in [0.2, 0.25) is 0 Å². The van der Waals surface area contributed by atoms with Gasteiger partial charge < -0.3 is 15.3 Å². The van der Waals surface area contributed by atoms with Crippen LogP contribution in [0.3, 0.4) is 0 Å². The second kappa shape index (κ2) is 4.14. The summed E-state index contributed by atoms with van der Waals surface area (Å²) >= 11 is 0. The highest BCUT2D eigenvalue weighted by Gasteiger charge is 2.03. The summed E-state index contributed by atoms with van der Waals surface area (Å²) in [6.45, 7) is 1.69. The van der Waals surface area contributed by atoms with E-state index in [1.807, 2.05) is 0 Å². The van der Waals surface area contributed by atoms with Crippen LogP contribution in [0.15, 0.2) is 18.2 Å². The van der Waals surface area contributed by atoms with Crippen molar-refractivity contribution in [3.05, 3.63) is 23.8 Å². The highest BCUT2D eigenvalue weighted by atomic mass is 16.3. The molecule has 3 heteroatoms. The minimum absolute atomic E-state index is 0.137. The monoisotopic (exact) mass is 182 g/mol. The van der Waals surface area contributed by atoms with Gasteiger partial charge >= 0.3 is 0 Å². The molecular weight excluding hydrogens is 168 g/mol. The van der Waals surface area contributed by atoms with Gasteiger partial charge in [0, 0.05) is 0 Å². The molecule has 1 atom stereocenters. The molecule has 1 aromatic carbocycles. The van der Waals surface area contributed by atoms with Crippen molar-refractivity contribution in [3.63, 3.8) is 0 Å². The zero-order valence-electron chi connectivity index (χ0n) is 7.57. The smallest absolute Gasteiger partial charge is 0.119 e. The van der Waals surface area contributed by atoms with Crippen LogP contribution in [-0.4, -0.2) is 21.4 Å². The Balaban J connectivity index is 2.70. The number of benzene rings is 1. The lowest BCUT2D eigenvalue weighted by atomic mass is 10.1. The second-order valence-electron chi connectivity index (χ2n) is 3.20. The van der Waals surface area contributed by atoms with Gasteiger partial charge in [0.25, 0.3) is 0 Å². The van der Waals surface area contributed by atoms with Crippen molar-refractivity contribution in [3.8, 4) is 11.5 Å². The quantitative estimate of drug-likeness (QED) is 0.619. The number of phenols is 2. The van der Waals surface area contributed by atoms with Crippen LogP contribution in [0.5, 0.6) is 11.5 Å². The summed E-state index contributed by atoms with van der Waals surface area (Å²) < 4.78 is 0. The van der Waals surface area contributed by atoms with E-state index in [2.05, 4.69) is 0 Å². The van der Waals surface area contributed by atoms with Crippen LogP contribution in [0, 0.1) is 0 Å². The lowest BCUT2D eigenvalue weighted by Gasteiger charge is -2.06. The van der Waals surface area contributed by atoms with Crippen molar-refractivity contribution in [1.29, 1.82) is 0 Å². The molecule has 0 radical (unpaired) electrons. The summed E-state index contributed by atoms with van der Waals surface area (Å²) in [6.07, 6.45) is 0.760. The number of rotatable bonds is 3. The summed E-state index contributed by atoms with van der Waals surface area (Å²) in [5, 5.41) is 27.5. The van der Waals surface area contributed by atoms with Crippen LogP contribution in [0.1, 0.15) is 18.9 Å². The lowest BCUT2D eigenvalue weighted by molar-refractivity contribution is 0.184. The van der Waals surface area contributed by atoms with Crippen LogP contribution in [0.25, 0.3) is 0 Å². The van der Waals surface area contributed by atoms with E-state index in [1.165, 1.54) is 18.2 Å². The van der Waals surface area contributed by atoms with Crippen molar-refractivity contribution < 1.29 is 15.3 Å². The first-order valence-corrected chi connectivity index (χ1v) is 4.28. The zero-order valence-corrected chi connectivity index (χ0v) is 7.57. The van der Waals surface area contributed by atoms with Crippen LogP contribution >= 0.6 is 0 Å². The SMILES string of the molecule is C[C@H](O)CCc1cc(O)ccc1O. The molecule has 1 rings (SSSR count). The van der Waals surface area contributed by atoms with E-state index in [0.29, 0.717) is 18.4 Å². The Bertz CT molecular complexity index is 281. The maximum absolute atomic E-state index is 9.36. The van der Waals surface area contributed by atoms with Gasteiger partial charge in [-0.05, 0) is 43.5 Å². The van der Waals surface area contributed by atoms with Gasteiger partial charge in [-0.3, -0.25) is 0 Å². The molecule has 1 aromatic rings. The molecule has 0 aromatic heterocycles. The van der Waals surface area contributed by atoms with Gasteiger partial charge in [0.2, 0.25) is 0 Å². The Morgan fingerprint density at radius 2 is 2.00 bits per heavy atom. The highest BCUT2D eigenvalue weighted by molar-refractivity contribution is 5.38. The number of aromatic hydroxyl groups is 2. The van der Waals surface area contributed by atoms with E-state index >= 15 is 0 Å². The molecule has 3 nitrogen and oxygen atoms in total. The molecular formula is C10H14O3. The molecule has 0 fully saturated rings. The third-order valence-corrected chi connectivity index (χ3v) is 1.89. The summed E-state index contributed by atoms with van der Waals surface area (Å²) in [5.41, 5.74) is 0.668. The number of aryl methyl sites for hydroxylation is 1. The molecule has 0 amide bonds. The predicted octanol–water partition coefficient (Wildman–Crippen LogP) is 1.41. The molecule has 0 aliphatic heterocycles. The number of aliphatic hydroxyl groups is 1. The largest absolute Gasteiger partial charge is 0.508 e. The van der Waals surface area contributed by atoms with Crippen LogP contribution in [0.4, 0.5) is 0 Å². The molecule has 0 aliphatic rings. The lowest BCUT2D eigenvalue weighted by Crippen LogP contribution is -2.01. The fourth-order valence-corrected chi connectivity index (χ4v) is 1.14. The van der Waals surface area contributed by atoms with Gasteiger partial charge in [-0.25, -0.2) is 0 Å². The Morgan fingerprint density at radius 3 is 2.62 bits per heavy atom. The molecule has 0 bridgehead atoms. The first-order chi connectivity index (χ1) is 6.09. The van der Waals surface area contributed by atoms with Crippen molar-refractivity contribution in [2.75, 3.05) is 0 Å². The van der Waals surface area contributed by atoms with Gasteiger partial charge in [0.05, 0.1) is 6.10 Å². The van der Waals surface area contributed by atoms with E-state index in [1.54, 1.807) is 6.92 Å². The highest BCUT2D eigenvalue weighted by Crippen LogP contribution is 2.23. The fraction of sp³-hybridized carbons (Fsp3) is 0.400. The number of phenolic OH excluding ortho intramolecular Hbond substituents is 2. The van der Waals surface area contributed by atoms with Crippen molar-refractivity contribution in [1.82, 2.24) is 0 Å². The average Bonchev–Trinajstić information content (AvgIpc) is 2.06. The maximum atomic E-state index is 9.36. The predicted molar refractivity (Wildman–Crippen MR) is 49.8 cm³/mol. The summed E-state index contributed by atoms with van der Waals surface area (Å²) in [5.74, 6) is 0.303. The third-order valence-electron chi connectivity index (χ3n) is 1.89. The average molecular weight is 182 g/mol. The molecule has 0 saturated carbocycles. The topological polar surface area (TPSA) is 60.7 Å². The molecule has 0 aliphatic carbocycles. The fourth-order valence-electron chi connectivity index (χ4n) is 1.14. The number of hydrogen-bond acceptors (Lipinski definition) is 3. The van der Waals surface area contributed by atoms with Gasteiger partial charge in [0.1, 0.15) is 11.5 Å². The Labute approximate surface area is 77.3 Å². The maximum Gasteiger partial charge on any atom is 0.119 e. The first-order valence-electron chi connectivity index (χ1n) is 4.28. The molecule has 0 saturated heterocycles. The molecule has 0 spiro atoms. The van der Waals surface area contributed by atoms with Crippen LogP contribution < -0.4 is 0 Å². The van der Waals surface area contributed by atoms with Crippen LogP contribution in [-0.2, 0) is 6.42 Å². The molecule has 3 N–H and O–H groups in total. The standard InChI is InChI=1S/C10H14O3/c1-7(11)2-3-8-6-9(12)4-5-10(8)13/h4-7,11-13H,2-3H2,1H3/t7-/m0/s1. The normalized spacial score (nSPS) is 12.8. The summed E-state index contributed by atoms with van der Waals surface area (Å²) in [4.78, 5) is 0. The molecule has 0 unspecified atom stereocenters. The van der Waals surface area contributed by atoms with Crippen molar-refractivity contribution >= 4 is 0 Å². The minimum atomic E-state index is -0.387. The minimum Gasteiger partial charge on any atom is -0.508 e. The van der Waals surface area contributed by atoms with Gasteiger partial charge in [-0.1, -0.05) is 0 Å². The molecule has 72 valence electrons. The third kappa shape index (κ3) is 2.95. The molecule has 13 heavy (non-hydrogen) atoms. The summed E-state index contributed by atoms with van der Waals surface area (Å²) in [6, 6.07) is 4.39. The van der Waals surface area contributed by atoms with E-state index in [9.17, 15) is 5.11 Å². The van der Waals surface area contributed by atoms with Gasteiger partial charge in [-0.2, -0.15) is 0 Å².